The smallest absolute Gasteiger partial charge is 0.417 e. The molecule has 3 heterocycles. The van der Waals surface area contributed by atoms with Crippen LogP contribution in [0, 0.1) is 6.92 Å². The molecule has 0 fully saturated rings. The molecule has 0 spiro atoms. The lowest BCUT2D eigenvalue weighted by molar-refractivity contribution is -0.137. The number of carboxylic acid groups (broad SMARTS) is 1. The monoisotopic (exact) mass is 546 g/mol. The Morgan fingerprint density at radius 3 is 2.40 bits per heavy atom. The number of hydrogen-bond acceptors (Lipinski definition) is 6. The van der Waals surface area contributed by atoms with E-state index in [1.807, 2.05) is 30.3 Å². The van der Waals surface area contributed by atoms with Crippen molar-refractivity contribution in [1.29, 1.82) is 0 Å². The summed E-state index contributed by atoms with van der Waals surface area (Å²) in [7, 11) is 0. The van der Waals surface area contributed by atoms with E-state index in [4.69, 9.17) is 9.47 Å². The van der Waals surface area contributed by atoms with E-state index >= 15 is 0 Å². The fourth-order valence-electron chi connectivity index (χ4n) is 3.89. The van der Waals surface area contributed by atoms with E-state index in [1.165, 1.54) is 16.9 Å². The van der Waals surface area contributed by atoms with Gasteiger partial charge < -0.3 is 14.6 Å². The average Bonchev–Trinajstić information content (AvgIpc) is 3.34. The van der Waals surface area contributed by atoms with Crippen LogP contribution in [-0.2, 0) is 12.8 Å². The van der Waals surface area contributed by atoms with Crippen molar-refractivity contribution in [1.82, 2.24) is 19.7 Å². The summed E-state index contributed by atoms with van der Waals surface area (Å²) in [5, 5.41) is 13.5. The quantitative estimate of drug-likeness (QED) is 0.230. The van der Waals surface area contributed by atoms with Crippen molar-refractivity contribution < 1.29 is 32.5 Å². The molecule has 0 amide bonds. The van der Waals surface area contributed by atoms with Crippen LogP contribution in [0.4, 0.5) is 13.2 Å². The van der Waals surface area contributed by atoms with Crippen molar-refractivity contribution in [2.24, 2.45) is 0 Å². The van der Waals surface area contributed by atoms with Gasteiger partial charge in [0.15, 0.2) is 5.82 Å². The molecule has 3 aromatic heterocycles. The number of benzene rings is 2. The minimum atomic E-state index is -4.46. The first kappa shape index (κ1) is 26.4. The number of nitrogens with zero attached hydrogens (tertiary/aromatic N) is 4. The standard InChI is InChI=1S/C29H21F3N4O4/c1-18-23(28(37)38)16-34-36(18)26-8-4-6-24(35-26)22-5-2-3-7-25(22)39-17-19-9-12-21(13-10-19)40-27-14-11-20(15-33-27)29(30,31)32/h2-16H,17H2,1H3,(H,37,38). The number of para-hydroxylation sites is 1. The number of hydrogen-bond donors (Lipinski definition) is 1. The Hall–Kier alpha value is -5.19. The summed E-state index contributed by atoms with van der Waals surface area (Å²) >= 11 is 0. The molecule has 0 bridgehead atoms. The van der Waals surface area contributed by atoms with Crippen LogP contribution in [0.15, 0.2) is 91.3 Å². The maximum absolute atomic E-state index is 12.7. The van der Waals surface area contributed by atoms with Gasteiger partial charge in [0, 0.05) is 17.8 Å². The molecule has 8 nitrogen and oxygen atoms in total. The topological polar surface area (TPSA) is 99.4 Å². The van der Waals surface area contributed by atoms with Crippen molar-refractivity contribution in [3.63, 3.8) is 0 Å². The molecule has 0 radical (unpaired) electrons. The largest absolute Gasteiger partial charge is 0.488 e. The lowest BCUT2D eigenvalue weighted by Crippen LogP contribution is -2.05. The highest BCUT2D eigenvalue weighted by molar-refractivity contribution is 5.88. The summed E-state index contributed by atoms with van der Waals surface area (Å²) in [6.45, 7) is 1.90. The maximum Gasteiger partial charge on any atom is 0.417 e. The van der Waals surface area contributed by atoms with Gasteiger partial charge in [-0.15, -0.1) is 0 Å². The molecule has 0 aliphatic carbocycles. The molecular weight excluding hydrogens is 525 g/mol. The third kappa shape index (κ3) is 5.78. The van der Waals surface area contributed by atoms with Gasteiger partial charge in [-0.05, 0) is 55.0 Å². The minimum Gasteiger partial charge on any atom is -0.488 e. The van der Waals surface area contributed by atoms with Gasteiger partial charge in [-0.1, -0.05) is 30.3 Å². The molecule has 11 heteroatoms. The van der Waals surface area contributed by atoms with Crippen molar-refractivity contribution in [2.45, 2.75) is 19.7 Å². The molecular formula is C29H21F3N4O4. The second-order valence-corrected chi connectivity index (χ2v) is 8.66. The Kier molecular flexibility index (Phi) is 7.19. The highest BCUT2D eigenvalue weighted by Crippen LogP contribution is 2.31. The number of alkyl halides is 3. The Morgan fingerprint density at radius 1 is 0.950 bits per heavy atom. The number of halogens is 3. The molecule has 0 unspecified atom stereocenters. The highest BCUT2D eigenvalue weighted by Gasteiger charge is 2.30. The van der Waals surface area contributed by atoms with Gasteiger partial charge in [-0.25, -0.2) is 19.4 Å². The summed E-state index contributed by atoms with van der Waals surface area (Å²) in [4.78, 5) is 19.8. The van der Waals surface area contributed by atoms with Crippen molar-refractivity contribution >= 4 is 5.97 Å². The SMILES string of the molecule is Cc1c(C(=O)O)cnn1-c1cccc(-c2ccccc2OCc2ccc(Oc3ccc(C(F)(F)F)cn3)cc2)n1. The zero-order valence-corrected chi connectivity index (χ0v) is 21.0. The number of carbonyl (C=O) groups is 1. The third-order valence-corrected chi connectivity index (χ3v) is 5.96. The second kappa shape index (κ2) is 10.9. The number of carboxylic acids is 1. The molecule has 0 aliphatic rings. The molecule has 0 atom stereocenters. The zero-order valence-electron chi connectivity index (χ0n) is 21.0. The van der Waals surface area contributed by atoms with E-state index in [1.54, 1.807) is 43.3 Å². The molecule has 0 saturated carbocycles. The Bertz CT molecular complexity index is 1650. The van der Waals surface area contributed by atoms with Gasteiger partial charge in [0.05, 0.1) is 23.1 Å². The van der Waals surface area contributed by atoms with Crippen LogP contribution in [0.5, 0.6) is 17.4 Å². The molecule has 5 aromatic rings. The normalized spacial score (nSPS) is 11.3. The lowest BCUT2D eigenvalue weighted by Gasteiger charge is -2.13. The number of rotatable bonds is 8. The summed E-state index contributed by atoms with van der Waals surface area (Å²) < 4.78 is 51.3. The number of pyridine rings is 2. The Morgan fingerprint density at radius 2 is 1.73 bits per heavy atom. The number of aromatic nitrogens is 4. The van der Waals surface area contributed by atoms with Crippen LogP contribution in [0.25, 0.3) is 17.1 Å². The summed E-state index contributed by atoms with van der Waals surface area (Å²) in [5.74, 6) is 0.456. The van der Waals surface area contributed by atoms with Crippen LogP contribution in [0.1, 0.15) is 27.2 Å². The van der Waals surface area contributed by atoms with Gasteiger partial charge in [0.2, 0.25) is 5.88 Å². The van der Waals surface area contributed by atoms with E-state index < -0.39 is 17.7 Å². The van der Waals surface area contributed by atoms with E-state index in [2.05, 4.69) is 15.1 Å². The molecule has 40 heavy (non-hydrogen) atoms. The van der Waals surface area contributed by atoms with E-state index in [0.29, 0.717) is 28.7 Å². The van der Waals surface area contributed by atoms with E-state index in [9.17, 15) is 23.1 Å². The predicted octanol–water partition coefficient (Wildman–Crippen LogP) is 6.73. The Balaban J connectivity index is 1.28. The van der Waals surface area contributed by atoms with Gasteiger partial charge in [-0.3, -0.25) is 0 Å². The molecule has 0 saturated heterocycles. The first-order chi connectivity index (χ1) is 19.2. The van der Waals surface area contributed by atoms with Crippen LogP contribution >= 0.6 is 0 Å². The van der Waals surface area contributed by atoms with Gasteiger partial charge in [-0.2, -0.15) is 18.3 Å². The third-order valence-electron chi connectivity index (χ3n) is 5.96. The number of ether oxygens (including phenoxy) is 2. The predicted molar refractivity (Wildman–Crippen MR) is 139 cm³/mol. The van der Waals surface area contributed by atoms with Crippen molar-refractivity contribution in [2.75, 3.05) is 0 Å². The maximum atomic E-state index is 12.7. The fourth-order valence-corrected chi connectivity index (χ4v) is 3.89. The highest BCUT2D eigenvalue weighted by atomic mass is 19.4. The fraction of sp³-hybridized carbons (Fsp3) is 0.103. The summed E-state index contributed by atoms with van der Waals surface area (Å²) in [6, 6.07) is 21.7. The van der Waals surface area contributed by atoms with Gasteiger partial charge in [0.1, 0.15) is 23.7 Å². The van der Waals surface area contributed by atoms with Crippen LogP contribution in [0.2, 0.25) is 0 Å². The van der Waals surface area contributed by atoms with Crippen molar-refractivity contribution in [3.8, 4) is 34.5 Å². The van der Waals surface area contributed by atoms with Crippen LogP contribution in [-0.4, -0.2) is 30.8 Å². The molecule has 202 valence electrons. The van der Waals surface area contributed by atoms with E-state index in [0.717, 1.165) is 23.4 Å². The average molecular weight is 547 g/mol. The van der Waals surface area contributed by atoms with E-state index in [-0.39, 0.29) is 18.1 Å². The van der Waals surface area contributed by atoms with Crippen molar-refractivity contribution in [3.05, 3.63) is 114 Å². The second-order valence-electron chi connectivity index (χ2n) is 8.66. The summed E-state index contributed by atoms with van der Waals surface area (Å²) in [5.41, 5.74) is 1.90. The van der Waals surface area contributed by atoms with Crippen LogP contribution < -0.4 is 9.47 Å². The molecule has 2 aromatic carbocycles. The number of aromatic carboxylic acids is 1. The molecule has 5 rings (SSSR count). The zero-order chi connectivity index (χ0) is 28.3. The molecule has 0 aliphatic heterocycles. The first-order valence-electron chi connectivity index (χ1n) is 12.0. The molecule has 1 N–H and O–H groups in total. The van der Waals surface area contributed by atoms with Gasteiger partial charge >= 0.3 is 12.1 Å². The summed E-state index contributed by atoms with van der Waals surface area (Å²) in [6.07, 6.45) is -2.45. The van der Waals surface area contributed by atoms with Crippen LogP contribution in [0.3, 0.4) is 0 Å². The first-order valence-corrected chi connectivity index (χ1v) is 12.0. The Labute approximate surface area is 226 Å². The lowest BCUT2D eigenvalue weighted by atomic mass is 10.1. The van der Waals surface area contributed by atoms with Gasteiger partial charge in [0.25, 0.3) is 0 Å². The minimum absolute atomic E-state index is 0.0464.